The number of hydrogen-bond acceptors (Lipinski definition) is 5. The second-order valence-electron chi connectivity index (χ2n) is 3.98. The van der Waals surface area contributed by atoms with Crippen LogP contribution in [0.4, 0.5) is 0 Å². The van der Waals surface area contributed by atoms with E-state index >= 15 is 0 Å². The molecule has 0 aliphatic carbocycles. The highest BCUT2D eigenvalue weighted by atomic mass is 35.5. The molecule has 0 saturated heterocycles. The molecule has 0 aliphatic heterocycles. The van der Waals surface area contributed by atoms with Crippen LogP contribution in [0.2, 0.25) is 5.02 Å². The summed E-state index contributed by atoms with van der Waals surface area (Å²) in [5.74, 6) is 1.97. The molecule has 0 unspecified atom stereocenters. The van der Waals surface area contributed by atoms with Gasteiger partial charge in [0.15, 0.2) is 5.76 Å². The van der Waals surface area contributed by atoms with Crippen molar-refractivity contribution in [2.24, 2.45) is 0 Å². The topological polar surface area (TPSA) is 51.8 Å². The molecule has 3 aromatic rings. The molecule has 6 heteroatoms. The number of halogens is 1. The van der Waals surface area contributed by atoms with Gasteiger partial charge in [0.05, 0.1) is 11.9 Å². The summed E-state index contributed by atoms with van der Waals surface area (Å²) in [4.78, 5) is 4.26. The van der Waals surface area contributed by atoms with E-state index in [0.717, 1.165) is 10.6 Å². The van der Waals surface area contributed by atoms with Gasteiger partial charge in [0.1, 0.15) is 5.03 Å². The van der Waals surface area contributed by atoms with Crippen molar-refractivity contribution in [1.82, 2.24) is 15.2 Å². The first-order valence-corrected chi connectivity index (χ1v) is 7.29. The predicted molar refractivity (Wildman–Crippen MR) is 78.5 cm³/mol. The number of nitrogens with zero attached hydrogens (tertiary/aromatic N) is 3. The molecule has 2 heterocycles. The van der Waals surface area contributed by atoms with Gasteiger partial charge in [-0.2, -0.15) is 5.10 Å². The molecule has 0 aliphatic rings. The van der Waals surface area contributed by atoms with Crippen LogP contribution in [-0.2, 0) is 5.75 Å². The van der Waals surface area contributed by atoms with Crippen molar-refractivity contribution in [1.29, 1.82) is 0 Å². The van der Waals surface area contributed by atoms with Gasteiger partial charge < -0.3 is 4.42 Å². The van der Waals surface area contributed by atoms with Crippen molar-refractivity contribution in [2.75, 3.05) is 0 Å². The molecule has 3 rings (SSSR count). The third-order valence-electron chi connectivity index (χ3n) is 2.55. The Hall–Kier alpha value is -1.85. The van der Waals surface area contributed by atoms with E-state index in [1.165, 1.54) is 11.8 Å². The maximum Gasteiger partial charge on any atom is 0.205 e. The van der Waals surface area contributed by atoms with Gasteiger partial charge in [0, 0.05) is 16.8 Å². The first-order valence-electron chi connectivity index (χ1n) is 5.92. The van der Waals surface area contributed by atoms with Crippen LogP contribution in [0.1, 0.15) is 5.89 Å². The van der Waals surface area contributed by atoms with Gasteiger partial charge in [0.2, 0.25) is 5.89 Å². The highest BCUT2D eigenvalue weighted by Crippen LogP contribution is 2.26. The van der Waals surface area contributed by atoms with Crippen molar-refractivity contribution < 1.29 is 4.42 Å². The minimum atomic E-state index is 0.610. The fourth-order valence-electron chi connectivity index (χ4n) is 1.65. The Kier molecular flexibility index (Phi) is 3.99. The lowest BCUT2D eigenvalue weighted by molar-refractivity contribution is 0.530. The van der Waals surface area contributed by atoms with Crippen LogP contribution in [0.3, 0.4) is 0 Å². The minimum Gasteiger partial charge on any atom is -0.440 e. The molecule has 100 valence electrons. The van der Waals surface area contributed by atoms with E-state index in [1.54, 1.807) is 12.4 Å². The summed E-state index contributed by atoms with van der Waals surface area (Å²) in [5, 5.41) is 9.34. The molecule has 0 fully saturated rings. The first kappa shape index (κ1) is 13.1. The molecular formula is C14H10ClN3OS. The predicted octanol–water partition coefficient (Wildman–Crippen LogP) is 4.08. The quantitative estimate of drug-likeness (QED) is 0.680. The summed E-state index contributed by atoms with van der Waals surface area (Å²) >= 11 is 7.49. The van der Waals surface area contributed by atoms with Gasteiger partial charge >= 0.3 is 0 Å². The lowest BCUT2D eigenvalue weighted by Gasteiger charge is -1.97. The molecule has 4 nitrogen and oxygen atoms in total. The molecule has 0 bridgehead atoms. The third kappa shape index (κ3) is 3.18. The highest BCUT2D eigenvalue weighted by Gasteiger charge is 2.07. The first-order chi connectivity index (χ1) is 9.81. The molecular weight excluding hydrogens is 294 g/mol. The summed E-state index contributed by atoms with van der Waals surface area (Å²) in [7, 11) is 0. The zero-order chi connectivity index (χ0) is 13.8. The third-order valence-corrected chi connectivity index (χ3v) is 3.69. The van der Waals surface area contributed by atoms with Gasteiger partial charge in [0.25, 0.3) is 0 Å². The maximum atomic E-state index is 5.96. The average molecular weight is 304 g/mol. The summed E-state index contributed by atoms with van der Waals surface area (Å²) in [6.45, 7) is 0. The number of aromatic nitrogens is 3. The smallest absolute Gasteiger partial charge is 0.205 e. The van der Waals surface area contributed by atoms with Crippen LogP contribution >= 0.6 is 23.4 Å². The normalized spacial score (nSPS) is 10.7. The largest absolute Gasteiger partial charge is 0.440 e. The van der Waals surface area contributed by atoms with E-state index in [4.69, 9.17) is 16.0 Å². The minimum absolute atomic E-state index is 0.610. The van der Waals surface area contributed by atoms with Crippen LogP contribution in [0.15, 0.2) is 58.2 Å². The van der Waals surface area contributed by atoms with Crippen LogP contribution in [-0.4, -0.2) is 15.2 Å². The van der Waals surface area contributed by atoms with Crippen LogP contribution in [0.5, 0.6) is 0 Å². The summed E-state index contributed by atoms with van der Waals surface area (Å²) in [5.41, 5.74) is 0.917. The molecule has 1 aromatic carbocycles. The Balaban J connectivity index is 1.71. The second kappa shape index (κ2) is 6.07. The zero-order valence-corrected chi connectivity index (χ0v) is 11.9. The molecule has 0 spiro atoms. The number of benzene rings is 1. The summed E-state index contributed by atoms with van der Waals surface area (Å²) in [6, 6.07) is 11.2. The molecule has 0 atom stereocenters. The van der Waals surface area contributed by atoms with E-state index in [9.17, 15) is 0 Å². The number of hydrogen-bond donors (Lipinski definition) is 0. The Morgan fingerprint density at radius 3 is 2.95 bits per heavy atom. The van der Waals surface area contributed by atoms with Crippen LogP contribution in [0.25, 0.3) is 11.3 Å². The Morgan fingerprint density at radius 2 is 2.15 bits per heavy atom. The molecule has 0 radical (unpaired) electrons. The zero-order valence-electron chi connectivity index (χ0n) is 10.4. The van der Waals surface area contributed by atoms with Crippen molar-refractivity contribution in [3.05, 3.63) is 59.7 Å². The van der Waals surface area contributed by atoms with E-state index < -0.39 is 0 Å². The van der Waals surface area contributed by atoms with Gasteiger partial charge in [-0.25, -0.2) is 4.98 Å². The Bertz CT molecular complexity index is 702. The lowest BCUT2D eigenvalue weighted by Crippen LogP contribution is -1.84. The van der Waals surface area contributed by atoms with E-state index in [2.05, 4.69) is 15.2 Å². The van der Waals surface area contributed by atoms with Crippen LogP contribution < -0.4 is 0 Å². The molecule has 20 heavy (non-hydrogen) atoms. The lowest BCUT2D eigenvalue weighted by atomic mass is 10.2. The second-order valence-corrected chi connectivity index (χ2v) is 5.41. The molecule has 0 saturated carbocycles. The fourth-order valence-corrected chi connectivity index (χ4v) is 2.53. The van der Waals surface area contributed by atoms with Crippen molar-refractivity contribution in [3.8, 4) is 11.3 Å². The SMILES string of the molecule is Clc1cccc(-c2cnc(CSc3cccnn3)o2)c1. The molecule has 0 amide bonds. The summed E-state index contributed by atoms with van der Waals surface area (Å²) in [6.07, 6.45) is 3.35. The van der Waals surface area contributed by atoms with Crippen molar-refractivity contribution >= 4 is 23.4 Å². The van der Waals surface area contributed by atoms with Crippen molar-refractivity contribution in [3.63, 3.8) is 0 Å². The maximum absolute atomic E-state index is 5.96. The van der Waals surface area contributed by atoms with Gasteiger partial charge in [-0.3, -0.25) is 0 Å². The standard InChI is InChI=1S/C14H10ClN3OS/c15-11-4-1-3-10(7-11)12-8-16-13(19-12)9-20-14-5-2-6-17-18-14/h1-8H,9H2. The van der Waals surface area contributed by atoms with Gasteiger partial charge in [-0.05, 0) is 24.3 Å². The van der Waals surface area contributed by atoms with Gasteiger partial charge in [-0.15, -0.1) is 5.10 Å². The van der Waals surface area contributed by atoms with Crippen molar-refractivity contribution in [2.45, 2.75) is 10.8 Å². The molecule has 0 N–H and O–H groups in total. The monoisotopic (exact) mass is 303 g/mol. The van der Waals surface area contributed by atoms with Crippen LogP contribution in [0, 0.1) is 0 Å². The Labute approximate surface area is 125 Å². The average Bonchev–Trinajstić information content (AvgIpc) is 2.95. The Morgan fingerprint density at radius 1 is 1.20 bits per heavy atom. The fraction of sp³-hybridized carbons (Fsp3) is 0.0714. The van der Waals surface area contributed by atoms with E-state index in [1.807, 2.05) is 36.4 Å². The summed E-state index contributed by atoms with van der Waals surface area (Å²) < 4.78 is 5.71. The number of thioether (sulfide) groups is 1. The molecule has 2 aromatic heterocycles. The number of oxazole rings is 1. The van der Waals surface area contributed by atoms with E-state index in [-0.39, 0.29) is 0 Å². The van der Waals surface area contributed by atoms with E-state index in [0.29, 0.717) is 22.4 Å². The number of rotatable bonds is 4. The highest BCUT2D eigenvalue weighted by molar-refractivity contribution is 7.98. The van der Waals surface area contributed by atoms with Gasteiger partial charge in [-0.1, -0.05) is 35.5 Å².